The fourth-order valence-corrected chi connectivity index (χ4v) is 3.06. The van der Waals surface area contributed by atoms with E-state index in [1.165, 1.54) is 0 Å². The first kappa shape index (κ1) is 16.7. The molecule has 5 heteroatoms. The first-order valence-electron chi connectivity index (χ1n) is 7.46. The zero-order valence-electron chi connectivity index (χ0n) is 12.9. The Morgan fingerprint density at radius 1 is 1.08 bits per heavy atom. The molecule has 0 saturated heterocycles. The van der Waals surface area contributed by atoms with Gasteiger partial charge < -0.3 is 10.1 Å². The third-order valence-corrected chi connectivity index (χ3v) is 4.69. The normalized spacial score (nSPS) is 13.5. The average molecular weight is 358 g/mol. The summed E-state index contributed by atoms with van der Waals surface area (Å²) < 4.78 is 5.33. The van der Waals surface area contributed by atoms with E-state index in [-0.39, 0.29) is 12.6 Å². The van der Waals surface area contributed by atoms with E-state index in [1.54, 1.807) is 23.9 Å². The van der Waals surface area contributed by atoms with Crippen LogP contribution in [0.5, 0.6) is 0 Å². The maximum absolute atomic E-state index is 11.9. The molecule has 0 spiro atoms. The van der Waals surface area contributed by atoms with Crippen molar-refractivity contribution in [3.8, 4) is 0 Å². The number of carbonyl (C=O) groups is 1. The molecule has 2 aromatic rings. The first-order valence-corrected chi connectivity index (χ1v) is 8.87. The molecule has 1 aliphatic rings. The molecule has 0 atom stereocenters. The number of hydrogen-bond donors (Lipinski definition) is 1. The van der Waals surface area contributed by atoms with Crippen LogP contribution in [0.25, 0.3) is 5.70 Å². The maximum atomic E-state index is 11.9. The van der Waals surface area contributed by atoms with Gasteiger partial charge in [0.15, 0.2) is 0 Å². The molecule has 3 rings (SSSR count). The van der Waals surface area contributed by atoms with Gasteiger partial charge in [0.1, 0.15) is 6.61 Å². The van der Waals surface area contributed by atoms with Crippen LogP contribution in [0, 0.1) is 0 Å². The molecular formula is C19H16ClNO2S. The number of rotatable bonds is 5. The monoisotopic (exact) mass is 357 g/mol. The predicted molar refractivity (Wildman–Crippen MR) is 99.5 cm³/mol. The second-order valence-electron chi connectivity index (χ2n) is 5.18. The number of nitrogens with one attached hydrogen (secondary N) is 1. The maximum Gasteiger partial charge on any atom is 0.338 e. The van der Waals surface area contributed by atoms with E-state index in [1.807, 2.05) is 54.1 Å². The van der Waals surface area contributed by atoms with Gasteiger partial charge in [-0.3, -0.25) is 0 Å². The highest BCUT2D eigenvalue weighted by Gasteiger charge is 2.11. The molecule has 2 aromatic carbocycles. The van der Waals surface area contributed by atoms with Gasteiger partial charge in [-0.1, -0.05) is 54.2 Å². The Kier molecular flexibility index (Phi) is 5.62. The minimum absolute atomic E-state index is 0.250. The van der Waals surface area contributed by atoms with Gasteiger partial charge in [0.2, 0.25) is 0 Å². The highest BCUT2D eigenvalue weighted by atomic mass is 35.5. The summed E-state index contributed by atoms with van der Waals surface area (Å²) in [5, 5.41) is 5.26. The number of thioether (sulfide) groups is 1. The van der Waals surface area contributed by atoms with Crippen LogP contribution in [-0.4, -0.2) is 12.6 Å². The Morgan fingerprint density at radius 3 is 2.46 bits per heavy atom. The molecule has 24 heavy (non-hydrogen) atoms. The standard InChI is InChI=1S/C19H16ClNO2S/c20-10-14-6-8-15(9-7-14)18-13-24-17(11-21-18)12-23-19(22)16-4-2-1-3-5-16/h1-9,11,13,21H,10,12H2. The van der Waals surface area contributed by atoms with Crippen molar-refractivity contribution in [2.75, 3.05) is 6.61 Å². The molecule has 1 heterocycles. The minimum Gasteiger partial charge on any atom is -0.457 e. The van der Waals surface area contributed by atoms with E-state index in [2.05, 4.69) is 5.32 Å². The van der Waals surface area contributed by atoms with Crippen molar-refractivity contribution in [2.45, 2.75) is 5.88 Å². The Bertz CT molecular complexity index is 770. The smallest absolute Gasteiger partial charge is 0.338 e. The molecule has 0 amide bonds. The summed E-state index contributed by atoms with van der Waals surface area (Å²) in [7, 11) is 0. The van der Waals surface area contributed by atoms with Crippen molar-refractivity contribution >= 4 is 35.0 Å². The number of benzene rings is 2. The van der Waals surface area contributed by atoms with Crippen LogP contribution in [0.3, 0.4) is 0 Å². The molecular weight excluding hydrogens is 342 g/mol. The van der Waals surface area contributed by atoms with Crippen LogP contribution in [0.15, 0.2) is 71.1 Å². The lowest BCUT2D eigenvalue weighted by atomic mass is 10.1. The molecule has 0 fully saturated rings. The van der Waals surface area contributed by atoms with Crippen LogP contribution in [0.4, 0.5) is 0 Å². The van der Waals surface area contributed by atoms with Crippen LogP contribution in [0.2, 0.25) is 0 Å². The lowest BCUT2D eigenvalue weighted by Crippen LogP contribution is -2.12. The average Bonchev–Trinajstić information content (AvgIpc) is 2.67. The Labute approximate surface area is 150 Å². The van der Waals surface area contributed by atoms with Crippen LogP contribution < -0.4 is 5.32 Å². The van der Waals surface area contributed by atoms with E-state index in [0.29, 0.717) is 11.4 Å². The summed E-state index contributed by atoms with van der Waals surface area (Å²) in [5.74, 6) is 0.196. The molecule has 0 bridgehead atoms. The molecule has 1 N–H and O–H groups in total. The summed E-state index contributed by atoms with van der Waals surface area (Å²) in [6.07, 6.45) is 1.87. The number of alkyl halides is 1. The largest absolute Gasteiger partial charge is 0.457 e. The predicted octanol–water partition coefficient (Wildman–Crippen LogP) is 4.76. The number of halogens is 1. The third-order valence-electron chi connectivity index (χ3n) is 3.49. The molecule has 0 aromatic heterocycles. The third kappa shape index (κ3) is 4.22. The zero-order chi connectivity index (χ0) is 16.8. The topological polar surface area (TPSA) is 38.3 Å². The summed E-state index contributed by atoms with van der Waals surface area (Å²) in [6, 6.07) is 17.1. The SMILES string of the molecule is O=C(OCC1=CNC(c2ccc(CCl)cc2)=CS1)c1ccccc1. The van der Waals surface area contributed by atoms with Crippen LogP contribution >= 0.6 is 23.4 Å². The highest BCUT2D eigenvalue weighted by Crippen LogP contribution is 2.27. The molecule has 0 saturated carbocycles. The van der Waals surface area contributed by atoms with Gasteiger partial charge in [-0.05, 0) is 28.7 Å². The number of esters is 1. The highest BCUT2D eigenvalue weighted by molar-refractivity contribution is 8.06. The molecule has 0 unspecified atom stereocenters. The van der Waals surface area contributed by atoms with Gasteiger partial charge >= 0.3 is 5.97 Å². The van der Waals surface area contributed by atoms with Crippen molar-refractivity contribution in [1.82, 2.24) is 5.32 Å². The van der Waals surface area contributed by atoms with Gasteiger partial charge in [0.05, 0.1) is 11.3 Å². The molecule has 0 radical (unpaired) electrons. The fraction of sp³-hybridized carbons (Fsp3) is 0.105. The van der Waals surface area contributed by atoms with E-state index in [9.17, 15) is 4.79 Å². The molecule has 3 nitrogen and oxygen atoms in total. The van der Waals surface area contributed by atoms with Crippen molar-refractivity contribution in [2.24, 2.45) is 0 Å². The zero-order valence-corrected chi connectivity index (χ0v) is 14.4. The molecule has 0 aliphatic carbocycles. The van der Waals surface area contributed by atoms with Crippen molar-refractivity contribution in [3.05, 3.63) is 87.8 Å². The number of hydrogen-bond acceptors (Lipinski definition) is 4. The summed E-state index contributed by atoms with van der Waals surface area (Å²) in [5.41, 5.74) is 3.75. The summed E-state index contributed by atoms with van der Waals surface area (Å²) in [6.45, 7) is 0.250. The van der Waals surface area contributed by atoms with Crippen molar-refractivity contribution in [1.29, 1.82) is 0 Å². The van der Waals surface area contributed by atoms with Gasteiger partial charge in [-0.25, -0.2) is 4.79 Å². The summed E-state index contributed by atoms with van der Waals surface area (Å²) >= 11 is 7.35. The second-order valence-corrected chi connectivity index (χ2v) is 6.44. The Morgan fingerprint density at radius 2 is 1.83 bits per heavy atom. The van der Waals surface area contributed by atoms with Crippen molar-refractivity contribution in [3.63, 3.8) is 0 Å². The second kappa shape index (κ2) is 8.08. The molecule has 1 aliphatic heterocycles. The van der Waals surface area contributed by atoms with Gasteiger partial charge in [-0.15, -0.1) is 11.6 Å². The van der Waals surface area contributed by atoms with E-state index >= 15 is 0 Å². The van der Waals surface area contributed by atoms with Crippen LogP contribution in [0.1, 0.15) is 21.5 Å². The quantitative estimate of drug-likeness (QED) is 0.618. The molecule has 122 valence electrons. The fourth-order valence-electron chi connectivity index (χ4n) is 2.16. The van der Waals surface area contributed by atoms with Gasteiger partial charge in [0.25, 0.3) is 0 Å². The number of ether oxygens (including phenoxy) is 1. The number of carbonyl (C=O) groups excluding carboxylic acids is 1. The van der Waals surface area contributed by atoms with E-state index in [4.69, 9.17) is 16.3 Å². The van der Waals surface area contributed by atoms with E-state index in [0.717, 1.165) is 21.7 Å². The van der Waals surface area contributed by atoms with Gasteiger partial charge in [-0.2, -0.15) is 0 Å². The Hall–Kier alpha value is -2.17. The van der Waals surface area contributed by atoms with E-state index < -0.39 is 0 Å². The van der Waals surface area contributed by atoms with Crippen molar-refractivity contribution < 1.29 is 9.53 Å². The minimum atomic E-state index is -0.316. The van der Waals surface area contributed by atoms with Crippen LogP contribution in [-0.2, 0) is 10.6 Å². The lowest BCUT2D eigenvalue weighted by molar-refractivity contribution is 0.0546. The Balaban J connectivity index is 1.54. The summed E-state index contributed by atoms with van der Waals surface area (Å²) in [4.78, 5) is 12.9. The van der Waals surface area contributed by atoms with Gasteiger partial charge in [0, 0.05) is 17.0 Å². The first-order chi connectivity index (χ1) is 11.8. The lowest BCUT2D eigenvalue weighted by Gasteiger charge is -2.16.